The molecule has 0 aliphatic carbocycles. The van der Waals surface area contributed by atoms with Crippen molar-refractivity contribution in [3.8, 4) is 0 Å². The highest BCUT2D eigenvalue weighted by Crippen LogP contribution is 2.00. The number of nitrogens with one attached hydrogen (secondary N) is 2. The summed E-state index contributed by atoms with van der Waals surface area (Å²) in [5, 5.41) is 13.9. The zero-order valence-electron chi connectivity index (χ0n) is 10.0. The molecule has 100 valence electrons. The van der Waals surface area contributed by atoms with Crippen LogP contribution in [0.15, 0.2) is 12.7 Å². The number of amides is 3. The largest absolute Gasteiger partial charge is 0.480 e. The molecule has 7 heteroatoms. The van der Waals surface area contributed by atoms with Crippen LogP contribution < -0.4 is 10.6 Å². The molecule has 1 fully saturated rings. The van der Waals surface area contributed by atoms with Crippen molar-refractivity contribution in [2.24, 2.45) is 0 Å². The van der Waals surface area contributed by atoms with Gasteiger partial charge in [0.15, 0.2) is 0 Å². The Morgan fingerprint density at radius 3 is 2.94 bits per heavy atom. The van der Waals surface area contributed by atoms with Gasteiger partial charge in [0.05, 0.1) is 0 Å². The molecule has 1 rings (SSSR count). The minimum Gasteiger partial charge on any atom is -0.480 e. The average molecular weight is 255 g/mol. The fourth-order valence-electron chi connectivity index (χ4n) is 1.61. The number of hydrogen-bond donors (Lipinski definition) is 3. The lowest BCUT2D eigenvalue weighted by atomic mass is 10.2. The fourth-order valence-corrected chi connectivity index (χ4v) is 1.61. The smallest absolute Gasteiger partial charge is 0.326 e. The summed E-state index contributed by atoms with van der Waals surface area (Å²) in [5.41, 5.74) is 0. The highest BCUT2D eigenvalue weighted by atomic mass is 16.4. The van der Waals surface area contributed by atoms with Crippen LogP contribution in [-0.4, -0.2) is 53.6 Å². The molecule has 1 saturated heterocycles. The predicted octanol–water partition coefficient (Wildman–Crippen LogP) is -0.453. The third-order valence-corrected chi connectivity index (χ3v) is 2.55. The van der Waals surface area contributed by atoms with E-state index in [1.54, 1.807) is 0 Å². The van der Waals surface area contributed by atoms with E-state index in [0.29, 0.717) is 19.5 Å². The van der Waals surface area contributed by atoms with Gasteiger partial charge in [-0.1, -0.05) is 6.08 Å². The maximum atomic E-state index is 11.8. The highest BCUT2D eigenvalue weighted by Gasteiger charge is 2.24. The average Bonchev–Trinajstić information content (AvgIpc) is 2.53. The first kappa shape index (κ1) is 14.0. The number of carbonyl (C=O) groups excluding carboxylic acids is 2. The second-order valence-corrected chi connectivity index (χ2v) is 3.99. The van der Waals surface area contributed by atoms with E-state index in [4.69, 9.17) is 5.11 Å². The normalized spacial score (nSPS) is 17.3. The number of rotatable bonds is 4. The van der Waals surface area contributed by atoms with E-state index in [1.807, 2.05) is 0 Å². The SMILES string of the molecule is C=CCC(NC(=O)N1CCCNC(=O)C1)C(=O)O. The van der Waals surface area contributed by atoms with Gasteiger partial charge in [0.1, 0.15) is 12.6 Å². The van der Waals surface area contributed by atoms with Crippen molar-refractivity contribution in [3.05, 3.63) is 12.7 Å². The Morgan fingerprint density at radius 2 is 2.33 bits per heavy atom. The number of carbonyl (C=O) groups is 3. The minimum absolute atomic E-state index is 0.0493. The van der Waals surface area contributed by atoms with Gasteiger partial charge in [0.25, 0.3) is 0 Å². The van der Waals surface area contributed by atoms with E-state index in [9.17, 15) is 14.4 Å². The molecule has 0 aromatic heterocycles. The van der Waals surface area contributed by atoms with Crippen molar-refractivity contribution < 1.29 is 19.5 Å². The minimum atomic E-state index is -1.12. The first-order chi connectivity index (χ1) is 8.54. The number of aliphatic carboxylic acids is 1. The summed E-state index contributed by atoms with van der Waals surface area (Å²) in [6.45, 7) is 4.34. The van der Waals surface area contributed by atoms with Crippen molar-refractivity contribution in [2.45, 2.75) is 18.9 Å². The topological polar surface area (TPSA) is 98.7 Å². The van der Waals surface area contributed by atoms with Crippen molar-refractivity contribution in [2.75, 3.05) is 19.6 Å². The van der Waals surface area contributed by atoms with Crippen LogP contribution in [0.5, 0.6) is 0 Å². The quantitative estimate of drug-likeness (QED) is 0.592. The number of nitrogens with zero attached hydrogens (tertiary/aromatic N) is 1. The molecule has 1 atom stereocenters. The van der Waals surface area contributed by atoms with Crippen molar-refractivity contribution >= 4 is 17.9 Å². The van der Waals surface area contributed by atoms with E-state index in [2.05, 4.69) is 17.2 Å². The Morgan fingerprint density at radius 1 is 1.61 bits per heavy atom. The van der Waals surface area contributed by atoms with Gasteiger partial charge in [0.2, 0.25) is 5.91 Å². The molecular weight excluding hydrogens is 238 g/mol. The molecule has 1 heterocycles. The van der Waals surface area contributed by atoms with E-state index >= 15 is 0 Å². The monoisotopic (exact) mass is 255 g/mol. The summed E-state index contributed by atoms with van der Waals surface area (Å²) in [4.78, 5) is 35.3. The van der Waals surface area contributed by atoms with Gasteiger partial charge in [-0.05, 0) is 12.8 Å². The second-order valence-electron chi connectivity index (χ2n) is 3.99. The molecule has 3 N–H and O–H groups in total. The number of carboxylic acid groups (broad SMARTS) is 1. The van der Waals surface area contributed by atoms with Crippen LogP contribution in [0.4, 0.5) is 4.79 Å². The molecule has 1 aliphatic heterocycles. The summed E-state index contributed by atoms with van der Waals surface area (Å²) in [7, 11) is 0. The van der Waals surface area contributed by atoms with E-state index in [-0.39, 0.29) is 18.9 Å². The van der Waals surface area contributed by atoms with Crippen molar-refractivity contribution in [1.82, 2.24) is 15.5 Å². The fraction of sp³-hybridized carbons (Fsp3) is 0.545. The molecular formula is C11H17N3O4. The van der Waals surface area contributed by atoms with Gasteiger partial charge in [0, 0.05) is 13.1 Å². The lowest BCUT2D eigenvalue weighted by Gasteiger charge is -2.22. The van der Waals surface area contributed by atoms with Crippen LogP contribution in [0.2, 0.25) is 0 Å². The summed E-state index contributed by atoms with van der Waals surface area (Å²) in [6, 6.07) is -1.55. The Balaban J connectivity index is 2.59. The van der Waals surface area contributed by atoms with Crippen LogP contribution in [0.25, 0.3) is 0 Å². The maximum absolute atomic E-state index is 11.8. The Kier molecular flexibility index (Phi) is 5.16. The molecule has 0 aromatic carbocycles. The molecule has 0 aromatic rings. The van der Waals surface area contributed by atoms with Crippen molar-refractivity contribution in [3.63, 3.8) is 0 Å². The van der Waals surface area contributed by atoms with Crippen LogP contribution in [-0.2, 0) is 9.59 Å². The Labute approximate surface area is 105 Å². The van der Waals surface area contributed by atoms with Crippen LogP contribution in [0.3, 0.4) is 0 Å². The molecule has 0 radical (unpaired) electrons. The lowest BCUT2D eigenvalue weighted by Crippen LogP contribution is -2.49. The summed E-state index contributed by atoms with van der Waals surface area (Å²) >= 11 is 0. The van der Waals surface area contributed by atoms with Gasteiger partial charge >= 0.3 is 12.0 Å². The second kappa shape index (κ2) is 6.63. The third kappa shape index (κ3) is 4.08. The molecule has 1 unspecified atom stereocenters. The van der Waals surface area contributed by atoms with Crippen molar-refractivity contribution in [1.29, 1.82) is 0 Å². The van der Waals surface area contributed by atoms with Crippen LogP contribution in [0.1, 0.15) is 12.8 Å². The number of carboxylic acids is 1. The summed E-state index contributed by atoms with van der Waals surface area (Å²) < 4.78 is 0. The van der Waals surface area contributed by atoms with Crippen LogP contribution >= 0.6 is 0 Å². The van der Waals surface area contributed by atoms with Gasteiger partial charge in [-0.2, -0.15) is 0 Å². The molecule has 0 spiro atoms. The summed E-state index contributed by atoms with van der Waals surface area (Å²) in [6.07, 6.45) is 2.22. The summed E-state index contributed by atoms with van der Waals surface area (Å²) in [5.74, 6) is -1.36. The number of hydrogen-bond acceptors (Lipinski definition) is 3. The molecule has 0 bridgehead atoms. The molecule has 1 aliphatic rings. The molecule has 0 saturated carbocycles. The van der Waals surface area contributed by atoms with Gasteiger partial charge in [-0.25, -0.2) is 9.59 Å². The predicted molar refractivity (Wildman–Crippen MR) is 64.0 cm³/mol. The Bertz CT molecular complexity index is 356. The molecule has 3 amide bonds. The number of urea groups is 1. The molecule has 7 nitrogen and oxygen atoms in total. The van der Waals surface area contributed by atoms with E-state index < -0.39 is 18.0 Å². The first-order valence-electron chi connectivity index (χ1n) is 5.70. The van der Waals surface area contributed by atoms with Gasteiger partial charge < -0.3 is 20.6 Å². The highest BCUT2D eigenvalue weighted by molar-refractivity contribution is 5.87. The Hall–Kier alpha value is -2.05. The van der Waals surface area contributed by atoms with Gasteiger partial charge in [-0.15, -0.1) is 6.58 Å². The lowest BCUT2D eigenvalue weighted by molar-refractivity contribution is -0.139. The van der Waals surface area contributed by atoms with Gasteiger partial charge in [-0.3, -0.25) is 4.79 Å². The van der Waals surface area contributed by atoms with E-state index in [0.717, 1.165) is 0 Å². The zero-order valence-corrected chi connectivity index (χ0v) is 10.0. The zero-order chi connectivity index (χ0) is 13.5. The molecule has 18 heavy (non-hydrogen) atoms. The standard InChI is InChI=1S/C11H17N3O4/c1-2-4-8(10(16)17)13-11(18)14-6-3-5-12-9(15)7-14/h2,8H,1,3-7H2,(H,12,15)(H,13,18)(H,16,17). The van der Waals surface area contributed by atoms with Crippen LogP contribution in [0, 0.1) is 0 Å². The first-order valence-corrected chi connectivity index (χ1v) is 5.70. The maximum Gasteiger partial charge on any atom is 0.326 e. The van der Waals surface area contributed by atoms with E-state index in [1.165, 1.54) is 11.0 Å². The third-order valence-electron chi connectivity index (χ3n) is 2.55.